The summed E-state index contributed by atoms with van der Waals surface area (Å²) in [6.07, 6.45) is 19.8. The van der Waals surface area contributed by atoms with E-state index in [1.165, 1.54) is 70.6 Å². The zero-order valence-corrected chi connectivity index (χ0v) is 13.7. The van der Waals surface area contributed by atoms with E-state index >= 15 is 0 Å². The maximum absolute atomic E-state index is 10.1. The minimum Gasteiger partial charge on any atom is -0.545 e. The molecule has 0 heterocycles. The number of carbonyl (C=O) groups excluding carboxylic acids is 1. The molecule has 0 atom stereocenters. The summed E-state index contributed by atoms with van der Waals surface area (Å²) in [5, 5.41) is 10.1. The van der Waals surface area contributed by atoms with Crippen LogP contribution < -0.4 is 24.0 Å². The van der Waals surface area contributed by atoms with Crippen LogP contribution in [0.3, 0.4) is 0 Å². The second-order valence-corrected chi connectivity index (χ2v) is 5.40. The molecule has 0 aromatic heterocycles. The number of carbonyl (C=O) groups is 1. The van der Waals surface area contributed by atoms with Gasteiger partial charge in [0.15, 0.2) is 0 Å². The van der Waals surface area contributed by atoms with Gasteiger partial charge in [-0.05, 0) is 18.9 Å². The Kier molecular flexibility index (Phi) is 20.8. The minimum atomic E-state index is -1.08. The van der Waals surface area contributed by atoms with Crippen LogP contribution in [0.1, 0.15) is 90.4 Å². The van der Waals surface area contributed by atoms with Gasteiger partial charge in [0, 0.05) is 0 Å². The predicted molar refractivity (Wildman–Crippen MR) is 79.8 cm³/mol. The monoisotopic (exact) mass is 274 g/mol. The van der Waals surface area contributed by atoms with Crippen molar-refractivity contribution in [2.24, 2.45) is 0 Å². The number of carboxylic acid groups (broad SMARTS) is 1. The van der Waals surface area contributed by atoms with Crippen molar-refractivity contribution < 1.29 is 28.8 Å². The summed E-state index contributed by atoms with van der Waals surface area (Å²) in [7, 11) is 0. The van der Waals surface area contributed by atoms with Crippen LogP contribution in [0.15, 0.2) is 12.2 Å². The van der Waals surface area contributed by atoms with E-state index in [9.17, 15) is 9.90 Å². The molecule has 0 saturated carbocycles. The van der Waals surface area contributed by atoms with Crippen LogP contribution >= 0.6 is 0 Å². The van der Waals surface area contributed by atoms with Gasteiger partial charge >= 0.3 is 18.9 Å². The number of allylic oxidation sites excluding steroid dienone is 1. The standard InChI is InChI=1S/C17H32O2.Li/c1-2-3-4-5-6-7-8-9-10-11-12-13-14-15-16-17(18)19;/h15-16H,2-14H2,1H3,(H,18,19);/q;+1/p-1. The summed E-state index contributed by atoms with van der Waals surface area (Å²) >= 11 is 0. The molecule has 20 heavy (non-hydrogen) atoms. The molecule has 112 valence electrons. The topological polar surface area (TPSA) is 40.1 Å². The Morgan fingerprint density at radius 1 is 0.800 bits per heavy atom. The molecule has 0 aromatic carbocycles. The largest absolute Gasteiger partial charge is 1.00 e. The number of unbranched alkanes of at least 4 members (excludes halogenated alkanes) is 12. The number of hydrogen-bond acceptors (Lipinski definition) is 2. The maximum Gasteiger partial charge on any atom is 1.00 e. The molecule has 0 aliphatic rings. The molecule has 0 amide bonds. The molecule has 0 unspecified atom stereocenters. The molecule has 0 aliphatic carbocycles. The maximum atomic E-state index is 10.1. The van der Waals surface area contributed by atoms with Crippen molar-refractivity contribution in [3.05, 3.63) is 12.2 Å². The van der Waals surface area contributed by atoms with E-state index in [-0.39, 0.29) is 18.9 Å². The smallest absolute Gasteiger partial charge is 0.545 e. The molecular formula is C17H31LiO2. The van der Waals surface area contributed by atoms with Crippen LogP contribution in [0.4, 0.5) is 0 Å². The molecule has 0 fully saturated rings. The third-order valence-corrected chi connectivity index (χ3v) is 3.48. The second-order valence-electron chi connectivity index (χ2n) is 5.40. The molecule has 0 rings (SSSR count). The van der Waals surface area contributed by atoms with Crippen LogP contribution in [0.2, 0.25) is 0 Å². The average molecular weight is 274 g/mol. The Bertz CT molecular complexity index is 227. The Balaban J connectivity index is 0. The average Bonchev–Trinajstić information content (AvgIpc) is 2.39. The Labute approximate surface area is 137 Å². The Morgan fingerprint density at radius 2 is 1.20 bits per heavy atom. The summed E-state index contributed by atoms with van der Waals surface area (Å²) in [6, 6.07) is 0. The molecule has 0 radical (unpaired) electrons. The van der Waals surface area contributed by atoms with Gasteiger partial charge in [-0.3, -0.25) is 0 Å². The molecule has 0 N–H and O–H groups in total. The first kappa shape index (κ1) is 22.1. The molecule has 2 nitrogen and oxygen atoms in total. The molecule has 0 aromatic rings. The fourth-order valence-corrected chi connectivity index (χ4v) is 2.28. The van der Waals surface area contributed by atoms with E-state index in [1.54, 1.807) is 6.08 Å². The fraction of sp³-hybridized carbons (Fsp3) is 0.824. The van der Waals surface area contributed by atoms with Crippen molar-refractivity contribution in [3.63, 3.8) is 0 Å². The molecule has 0 aliphatic heterocycles. The van der Waals surface area contributed by atoms with Gasteiger partial charge in [-0.2, -0.15) is 0 Å². The number of aliphatic carboxylic acids is 1. The van der Waals surface area contributed by atoms with E-state index < -0.39 is 5.97 Å². The van der Waals surface area contributed by atoms with Gasteiger partial charge in [0.25, 0.3) is 0 Å². The summed E-state index contributed by atoms with van der Waals surface area (Å²) < 4.78 is 0. The van der Waals surface area contributed by atoms with Gasteiger partial charge in [0.05, 0.1) is 5.97 Å². The summed E-state index contributed by atoms with van der Waals surface area (Å²) in [4.78, 5) is 10.1. The first-order valence-corrected chi connectivity index (χ1v) is 8.15. The zero-order chi connectivity index (χ0) is 14.2. The van der Waals surface area contributed by atoms with Gasteiger partial charge in [0.1, 0.15) is 0 Å². The van der Waals surface area contributed by atoms with Gasteiger partial charge in [-0.15, -0.1) is 0 Å². The van der Waals surface area contributed by atoms with E-state index in [2.05, 4.69) is 6.92 Å². The van der Waals surface area contributed by atoms with Gasteiger partial charge < -0.3 is 9.90 Å². The quantitative estimate of drug-likeness (QED) is 0.273. The molecule has 0 saturated heterocycles. The van der Waals surface area contributed by atoms with Crippen molar-refractivity contribution in [2.45, 2.75) is 90.4 Å². The molecule has 0 spiro atoms. The van der Waals surface area contributed by atoms with Crippen LogP contribution in [0.5, 0.6) is 0 Å². The summed E-state index contributed by atoms with van der Waals surface area (Å²) in [6.45, 7) is 2.26. The van der Waals surface area contributed by atoms with Crippen molar-refractivity contribution in [1.29, 1.82) is 0 Å². The summed E-state index contributed by atoms with van der Waals surface area (Å²) in [5.74, 6) is -1.08. The predicted octanol–water partition coefficient (Wildman–Crippen LogP) is 1.39. The second kappa shape index (κ2) is 18.8. The molecule has 3 heteroatoms. The Hall–Kier alpha value is -0.193. The Morgan fingerprint density at radius 3 is 1.60 bits per heavy atom. The summed E-state index contributed by atoms with van der Waals surface area (Å²) in [5.41, 5.74) is 0. The minimum absolute atomic E-state index is 0. The van der Waals surface area contributed by atoms with Crippen LogP contribution in [0, 0.1) is 0 Å². The number of rotatable bonds is 14. The van der Waals surface area contributed by atoms with Crippen molar-refractivity contribution in [1.82, 2.24) is 0 Å². The van der Waals surface area contributed by atoms with Gasteiger partial charge in [-0.1, -0.05) is 83.6 Å². The van der Waals surface area contributed by atoms with Crippen LogP contribution in [0.25, 0.3) is 0 Å². The SMILES string of the molecule is CCCCCCCCCCCCCCC=CC(=O)[O-].[Li+]. The van der Waals surface area contributed by atoms with Crippen LogP contribution in [-0.2, 0) is 4.79 Å². The number of carboxylic acids is 1. The van der Waals surface area contributed by atoms with Crippen molar-refractivity contribution >= 4 is 5.97 Å². The normalized spacial score (nSPS) is 10.7. The van der Waals surface area contributed by atoms with E-state index in [0.717, 1.165) is 18.9 Å². The first-order chi connectivity index (χ1) is 9.27. The van der Waals surface area contributed by atoms with Gasteiger partial charge in [-0.25, -0.2) is 0 Å². The number of hydrogen-bond donors (Lipinski definition) is 0. The third kappa shape index (κ3) is 20.1. The first-order valence-electron chi connectivity index (χ1n) is 8.15. The zero-order valence-electron chi connectivity index (χ0n) is 13.7. The fourth-order valence-electron chi connectivity index (χ4n) is 2.28. The van der Waals surface area contributed by atoms with Crippen LogP contribution in [-0.4, -0.2) is 5.97 Å². The third-order valence-electron chi connectivity index (χ3n) is 3.48. The van der Waals surface area contributed by atoms with E-state index in [4.69, 9.17) is 0 Å². The van der Waals surface area contributed by atoms with E-state index in [1.807, 2.05) is 0 Å². The molecule has 0 bridgehead atoms. The van der Waals surface area contributed by atoms with Crippen molar-refractivity contribution in [3.8, 4) is 0 Å². The van der Waals surface area contributed by atoms with Gasteiger partial charge in [0.2, 0.25) is 0 Å². The van der Waals surface area contributed by atoms with Crippen molar-refractivity contribution in [2.75, 3.05) is 0 Å². The van der Waals surface area contributed by atoms with E-state index in [0.29, 0.717) is 0 Å². The molecular weight excluding hydrogens is 243 g/mol.